The van der Waals surface area contributed by atoms with Crippen molar-refractivity contribution in [2.75, 3.05) is 23.8 Å². The number of benzene rings is 1. The second-order valence-corrected chi connectivity index (χ2v) is 7.52. The molecule has 0 unspecified atom stereocenters. The van der Waals surface area contributed by atoms with Crippen molar-refractivity contribution in [1.29, 1.82) is 0 Å². The van der Waals surface area contributed by atoms with Crippen molar-refractivity contribution in [1.82, 2.24) is 4.98 Å². The van der Waals surface area contributed by atoms with Gasteiger partial charge in [0.15, 0.2) is 0 Å². The summed E-state index contributed by atoms with van der Waals surface area (Å²) in [5, 5.41) is 8.34. The molecule has 0 saturated heterocycles. The molecule has 6 heteroatoms. The number of anilines is 2. The lowest BCUT2D eigenvalue weighted by Gasteiger charge is -2.21. The molecule has 3 aromatic rings. The van der Waals surface area contributed by atoms with Gasteiger partial charge in [0.2, 0.25) is 5.88 Å². The van der Waals surface area contributed by atoms with Crippen molar-refractivity contribution in [2.24, 2.45) is 0 Å². The summed E-state index contributed by atoms with van der Waals surface area (Å²) in [6.45, 7) is 3.47. The molecule has 0 aliphatic carbocycles. The molecule has 134 valence electrons. The second-order valence-electron chi connectivity index (χ2n) is 6.54. The molecule has 2 aromatic heterocycles. The molecule has 5 rings (SSSR count). The van der Waals surface area contributed by atoms with Crippen LogP contribution in [0.2, 0.25) is 0 Å². The lowest BCUT2D eigenvalue weighted by atomic mass is 9.97. The molecule has 0 spiro atoms. The zero-order chi connectivity index (χ0) is 18.4. The first-order valence-electron chi connectivity index (χ1n) is 8.78. The molecule has 2 aliphatic rings. The molecule has 4 heterocycles. The average Bonchev–Trinajstić information content (AvgIpc) is 3.31. The number of pyridine rings is 1. The van der Waals surface area contributed by atoms with E-state index < -0.39 is 0 Å². The molecule has 1 aromatic carbocycles. The fraction of sp³-hybridized carbons (Fsp3) is 0.143. The molecular formula is C21H17N3O2S. The van der Waals surface area contributed by atoms with Crippen molar-refractivity contribution in [2.45, 2.75) is 6.92 Å². The van der Waals surface area contributed by atoms with Crippen molar-refractivity contribution in [3.05, 3.63) is 57.9 Å². The molecule has 27 heavy (non-hydrogen) atoms. The number of carbonyl (C=O) groups is 1. The van der Waals surface area contributed by atoms with E-state index >= 15 is 0 Å². The summed E-state index contributed by atoms with van der Waals surface area (Å²) in [5.41, 5.74) is 6.57. The van der Waals surface area contributed by atoms with Gasteiger partial charge in [-0.2, -0.15) is 0 Å². The molecule has 0 bridgehead atoms. The Kier molecular flexibility index (Phi) is 3.72. The number of nitrogens with one attached hydrogen (secondary N) is 2. The minimum atomic E-state index is -0.0640. The monoisotopic (exact) mass is 375 g/mol. The molecule has 0 radical (unpaired) electrons. The highest BCUT2D eigenvalue weighted by Gasteiger charge is 2.25. The van der Waals surface area contributed by atoms with Crippen molar-refractivity contribution in [3.8, 4) is 17.0 Å². The Balaban J connectivity index is 1.61. The summed E-state index contributed by atoms with van der Waals surface area (Å²) in [7, 11) is 0. The molecule has 0 atom stereocenters. The van der Waals surface area contributed by atoms with Gasteiger partial charge in [0, 0.05) is 34.4 Å². The number of carbonyl (C=O) groups excluding carboxylic acids is 1. The van der Waals surface area contributed by atoms with E-state index in [0.29, 0.717) is 18.1 Å². The average molecular weight is 375 g/mol. The van der Waals surface area contributed by atoms with Crippen LogP contribution in [0, 0.1) is 6.92 Å². The van der Waals surface area contributed by atoms with Crippen LogP contribution in [0.4, 0.5) is 11.4 Å². The SMILES string of the molecule is Cc1c(-c2ccc3c(c2)/C(=C/c2cccs2)C(=O)N3)cnc2c1NCCO2. The van der Waals surface area contributed by atoms with Crippen LogP contribution in [0.5, 0.6) is 5.88 Å². The van der Waals surface area contributed by atoms with Gasteiger partial charge in [-0.25, -0.2) is 4.98 Å². The molecule has 0 saturated carbocycles. The number of thiophene rings is 1. The van der Waals surface area contributed by atoms with Gasteiger partial charge >= 0.3 is 0 Å². The Labute approximate surface area is 160 Å². The standard InChI is InChI=1S/C21H17N3O2S/c1-12-17(11-23-21-19(12)22-6-7-26-21)13-4-5-18-15(9-13)16(20(25)24-18)10-14-3-2-8-27-14/h2-5,8-11,22H,6-7H2,1H3,(H,24,25)/b16-10-. The Hall–Kier alpha value is -3.12. The van der Waals surface area contributed by atoms with Crippen molar-refractivity contribution >= 4 is 40.3 Å². The van der Waals surface area contributed by atoms with Crippen LogP contribution in [0.3, 0.4) is 0 Å². The van der Waals surface area contributed by atoms with Crippen LogP contribution in [-0.2, 0) is 4.79 Å². The predicted molar refractivity (Wildman–Crippen MR) is 109 cm³/mol. The lowest BCUT2D eigenvalue weighted by molar-refractivity contribution is -0.110. The largest absolute Gasteiger partial charge is 0.474 e. The van der Waals surface area contributed by atoms with Crippen LogP contribution in [0.15, 0.2) is 41.9 Å². The van der Waals surface area contributed by atoms with Gasteiger partial charge < -0.3 is 15.4 Å². The van der Waals surface area contributed by atoms with Crippen LogP contribution in [0.25, 0.3) is 22.8 Å². The Bertz CT molecular complexity index is 1090. The third kappa shape index (κ3) is 2.69. The van der Waals surface area contributed by atoms with Crippen molar-refractivity contribution in [3.63, 3.8) is 0 Å². The third-order valence-corrected chi connectivity index (χ3v) is 5.71. The number of aromatic nitrogens is 1. The van der Waals surface area contributed by atoms with E-state index in [1.54, 1.807) is 11.3 Å². The smallest absolute Gasteiger partial charge is 0.256 e. The normalized spacial score (nSPS) is 16.3. The van der Waals surface area contributed by atoms with E-state index in [0.717, 1.165) is 45.1 Å². The van der Waals surface area contributed by atoms with Crippen LogP contribution < -0.4 is 15.4 Å². The van der Waals surface area contributed by atoms with Gasteiger partial charge in [-0.3, -0.25) is 4.79 Å². The summed E-state index contributed by atoms with van der Waals surface area (Å²) >= 11 is 1.62. The zero-order valence-corrected chi connectivity index (χ0v) is 15.5. The first-order valence-corrected chi connectivity index (χ1v) is 9.66. The van der Waals surface area contributed by atoms with E-state index in [1.165, 1.54) is 0 Å². The molecule has 0 fully saturated rings. The van der Waals surface area contributed by atoms with Crippen molar-refractivity contribution < 1.29 is 9.53 Å². The Morgan fingerprint density at radius 1 is 1.26 bits per heavy atom. The van der Waals surface area contributed by atoms with E-state index in [4.69, 9.17) is 4.74 Å². The molecular weight excluding hydrogens is 358 g/mol. The number of rotatable bonds is 2. The van der Waals surface area contributed by atoms with E-state index in [1.807, 2.05) is 41.9 Å². The number of hydrogen-bond donors (Lipinski definition) is 2. The van der Waals surface area contributed by atoms with E-state index in [-0.39, 0.29) is 5.91 Å². The maximum Gasteiger partial charge on any atom is 0.256 e. The summed E-state index contributed by atoms with van der Waals surface area (Å²) in [6.07, 6.45) is 3.79. The summed E-state index contributed by atoms with van der Waals surface area (Å²) in [4.78, 5) is 18.0. The first-order chi connectivity index (χ1) is 13.2. The number of fused-ring (bicyclic) bond motifs is 2. The summed E-state index contributed by atoms with van der Waals surface area (Å²) in [5.74, 6) is 0.588. The van der Waals surface area contributed by atoms with E-state index in [9.17, 15) is 4.79 Å². The molecule has 2 aliphatic heterocycles. The first kappa shape index (κ1) is 16.1. The second kappa shape index (κ2) is 6.25. The number of nitrogens with zero attached hydrogens (tertiary/aromatic N) is 1. The van der Waals surface area contributed by atoms with E-state index in [2.05, 4.69) is 28.6 Å². The fourth-order valence-electron chi connectivity index (χ4n) is 3.53. The fourth-order valence-corrected chi connectivity index (χ4v) is 4.18. The van der Waals surface area contributed by atoms with Gasteiger partial charge in [0.25, 0.3) is 5.91 Å². The maximum atomic E-state index is 12.5. The lowest BCUT2D eigenvalue weighted by Crippen LogP contribution is -2.20. The topological polar surface area (TPSA) is 63.2 Å². The molecule has 1 amide bonds. The number of ether oxygens (including phenoxy) is 1. The highest BCUT2D eigenvalue weighted by Crippen LogP contribution is 2.40. The van der Waals surface area contributed by atoms with Crippen LogP contribution >= 0.6 is 11.3 Å². The minimum absolute atomic E-state index is 0.0640. The van der Waals surface area contributed by atoms with Gasteiger partial charge in [-0.15, -0.1) is 11.3 Å². The van der Waals surface area contributed by atoms with Gasteiger partial charge in [0.05, 0.1) is 5.57 Å². The van der Waals surface area contributed by atoms with Crippen LogP contribution in [0.1, 0.15) is 16.0 Å². The highest BCUT2D eigenvalue weighted by atomic mass is 32.1. The predicted octanol–water partition coefficient (Wildman–Crippen LogP) is 4.42. The molecule has 5 nitrogen and oxygen atoms in total. The summed E-state index contributed by atoms with van der Waals surface area (Å²) < 4.78 is 5.62. The Morgan fingerprint density at radius 2 is 2.19 bits per heavy atom. The third-order valence-electron chi connectivity index (χ3n) is 4.89. The summed E-state index contributed by atoms with van der Waals surface area (Å²) in [6, 6.07) is 10.0. The maximum absolute atomic E-state index is 12.5. The number of amides is 1. The minimum Gasteiger partial charge on any atom is -0.474 e. The quantitative estimate of drug-likeness (QED) is 0.651. The van der Waals surface area contributed by atoms with Gasteiger partial charge in [-0.1, -0.05) is 12.1 Å². The van der Waals surface area contributed by atoms with Gasteiger partial charge in [-0.05, 0) is 47.7 Å². The zero-order valence-electron chi connectivity index (χ0n) is 14.7. The Morgan fingerprint density at radius 3 is 3.04 bits per heavy atom. The number of hydrogen-bond acceptors (Lipinski definition) is 5. The van der Waals surface area contributed by atoms with Gasteiger partial charge in [0.1, 0.15) is 12.3 Å². The highest BCUT2D eigenvalue weighted by molar-refractivity contribution is 7.11. The molecule has 2 N–H and O–H groups in total. The van der Waals surface area contributed by atoms with Crippen LogP contribution in [-0.4, -0.2) is 24.0 Å².